The fraction of sp³-hybridized carbons (Fsp3) is 0.222. The van der Waals surface area contributed by atoms with Crippen LogP contribution in [0.1, 0.15) is 31.4 Å². The van der Waals surface area contributed by atoms with Crippen molar-refractivity contribution < 1.29 is 14.6 Å². The average molecular weight is 669 g/mol. The Morgan fingerprint density at radius 3 is 2.47 bits per heavy atom. The number of aliphatic hydroxyl groups is 1. The van der Waals surface area contributed by atoms with Crippen LogP contribution in [0.3, 0.4) is 0 Å². The molecule has 3 N–H and O–H groups in total. The zero-order chi connectivity index (χ0) is 32.8. The third kappa shape index (κ3) is 8.59. The number of benzene rings is 3. The fourth-order valence-corrected chi connectivity index (χ4v) is 7.33. The molecule has 1 aliphatic rings. The van der Waals surface area contributed by atoms with Crippen LogP contribution in [0, 0.1) is 0 Å². The number of fused-ring (bicyclic) bond motifs is 1. The lowest BCUT2D eigenvalue weighted by Gasteiger charge is -2.21. The van der Waals surface area contributed by atoms with E-state index in [9.17, 15) is 9.90 Å². The van der Waals surface area contributed by atoms with Crippen molar-refractivity contribution in [1.82, 2.24) is 24.2 Å². The van der Waals surface area contributed by atoms with Gasteiger partial charge in [0.1, 0.15) is 17.6 Å². The van der Waals surface area contributed by atoms with Crippen LogP contribution in [0.15, 0.2) is 109 Å². The molecule has 1 amide bonds. The lowest BCUT2D eigenvalue weighted by atomic mass is 10.1. The third-order valence-corrected chi connectivity index (χ3v) is 9.67. The van der Waals surface area contributed by atoms with Crippen LogP contribution in [0.2, 0.25) is 5.02 Å². The minimum absolute atomic E-state index is 0.0335. The minimum atomic E-state index is -1.06. The first kappa shape index (κ1) is 32.3. The van der Waals surface area contributed by atoms with Crippen LogP contribution in [0.25, 0.3) is 11.0 Å². The van der Waals surface area contributed by atoms with Crippen molar-refractivity contribution in [2.24, 2.45) is 0 Å². The quantitative estimate of drug-likeness (QED) is 0.116. The van der Waals surface area contributed by atoms with Gasteiger partial charge in [0.05, 0.1) is 35.3 Å². The molecule has 3 aromatic carbocycles. The van der Waals surface area contributed by atoms with Crippen molar-refractivity contribution in [2.75, 3.05) is 11.9 Å². The van der Waals surface area contributed by atoms with Gasteiger partial charge < -0.3 is 29.3 Å². The Labute approximate surface area is 281 Å². The number of nitrogens with zero attached hydrogens (tertiary/aromatic N) is 4. The number of hydrogen-bond donors (Lipinski definition) is 3. The molecule has 1 atom stereocenters. The van der Waals surface area contributed by atoms with Crippen molar-refractivity contribution in [3.05, 3.63) is 126 Å². The van der Waals surface area contributed by atoms with E-state index in [1.54, 1.807) is 13.8 Å². The van der Waals surface area contributed by atoms with Crippen LogP contribution < -0.4 is 15.4 Å². The molecule has 2 aromatic heterocycles. The number of aromatic nitrogens is 3. The molecule has 1 aliphatic heterocycles. The summed E-state index contributed by atoms with van der Waals surface area (Å²) in [5.41, 5.74) is 3.76. The normalized spacial score (nSPS) is 14.5. The highest BCUT2D eigenvalue weighted by molar-refractivity contribution is 8.12. The first-order valence-corrected chi connectivity index (χ1v) is 17.1. The van der Waals surface area contributed by atoms with Gasteiger partial charge in [0.15, 0.2) is 11.6 Å². The lowest BCUT2D eigenvalue weighted by molar-refractivity contribution is -0.124. The molecule has 0 aliphatic carbocycles. The highest BCUT2D eigenvalue weighted by atomic mass is 35.5. The van der Waals surface area contributed by atoms with Crippen molar-refractivity contribution in [2.45, 2.75) is 44.7 Å². The number of allylic oxidation sites excluding steroid dienone is 1. The van der Waals surface area contributed by atoms with Gasteiger partial charge in [-0.25, -0.2) is 9.97 Å². The van der Waals surface area contributed by atoms with Crippen molar-refractivity contribution in [3.8, 4) is 5.75 Å². The average Bonchev–Trinajstić information content (AvgIpc) is 3.62. The molecule has 5 aromatic rings. The Balaban J connectivity index is 1.15. The summed E-state index contributed by atoms with van der Waals surface area (Å²) in [7, 11) is -0.195. The summed E-state index contributed by atoms with van der Waals surface area (Å²) in [5, 5.41) is 18.8. The van der Waals surface area contributed by atoms with Gasteiger partial charge in [0, 0.05) is 36.1 Å². The summed E-state index contributed by atoms with van der Waals surface area (Å²) in [6.45, 7) is 4.90. The summed E-state index contributed by atoms with van der Waals surface area (Å²) in [5.74, 6) is 2.61. The van der Waals surface area contributed by atoms with Crippen molar-refractivity contribution >= 4 is 56.1 Å². The maximum absolute atomic E-state index is 12.2. The molecule has 6 rings (SSSR count). The molecule has 242 valence electrons. The molecule has 1 unspecified atom stereocenters. The Bertz CT molecular complexity index is 1920. The Kier molecular flexibility index (Phi) is 9.91. The van der Waals surface area contributed by atoms with Crippen LogP contribution in [0.4, 0.5) is 11.5 Å². The largest absolute Gasteiger partial charge is 0.454 e. The smallest absolute Gasteiger partial charge is 0.222 e. The molecule has 11 heteroatoms. The first-order valence-electron chi connectivity index (χ1n) is 15.3. The molecule has 0 radical (unpaired) electrons. The predicted molar refractivity (Wildman–Crippen MR) is 191 cm³/mol. The standard InChI is InChI=1S/C36H37ClN6O3S/c1-36(2,45)20-33(44)38-16-18-42-17-15-31-34(42)35(40-25-39-31)41-28-13-14-32(30(37)19-28)46-29-22-43(21-26-9-5-3-6-10-26)47(24-29)23-27-11-7-4-8-12-27/h3-15,17,19,22,24-25,45H,16,18,20-21,23H2,1-2H3,(H,38,44)(H,39,40,41). The number of nitrogens with one attached hydrogen (secondary N) is 2. The van der Waals surface area contributed by atoms with Gasteiger partial charge >= 0.3 is 0 Å². The number of carbonyl (C=O) groups is 1. The Morgan fingerprint density at radius 2 is 1.74 bits per heavy atom. The van der Waals surface area contributed by atoms with E-state index in [1.807, 2.05) is 47.2 Å². The molecule has 0 bridgehead atoms. The number of amides is 1. The van der Waals surface area contributed by atoms with Gasteiger partial charge in [-0.2, -0.15) is 0 Å². The second kappa shape index (κ2) is 14.4. The Morgan fingerprint density at radius 1 is 1.00 bits per heavy atom. The van der Waals surface area contributed by atoms with Crippen LogP contribution in [0.5, 0.6) is 5.75 Å². The predicted octanol–water partition coefficient (Wildman–Crippen LogP) is 7.03. The van der Waals surface area contributed by atoms with E-state index in [-0.39, 0.29) is 23.0 Å². The van der Waals surface area contributed by atoms with Gasteiger partial charge in [-0.15, -0.1) is 0 Å². The number of ether oxygens (including phenoxy) is 1. The van der Waals surface area contributed by atoms with Crippen molar-refractivity contribution in [3.63, 3.8) is 0 Å². The van der Waals surface area contributed by atoms with E-state index in [2.05, 4.69) is 85.0 Å². The van der Waals surface area contributed by atoms with E-state index in [0.29, 0.717) is 29.7 Å². The summed E-state index contributed by atoms with van der Waals surface area (Å²) in [6.07, 6.45) is 5.52. The number of carbonyl (C=O) groups excluding carboxylic acids is 1. The second-order valence-corrected chi connectivity index (χ2v) is 14.1. The van der Waals surface area contributed by atoms with Crippen LogP contribution >= 0.6 is 22.3 Å². The molecule has 0 fully saturated rings. The number of rotatable bonds is 13. The maximum Gasteiger partial charge on any atom is 0.222 e. The maximum atomic E-state index is 12.2. The van der Waals surface area contributed by atoms with Gasteiger partial charge in [-0.1, -0.05) is 82.9 Å². The molecule has 0 saturated heterocycles. The highest BCUT2D eigenvalue weighted by Crippen LogP contribution is 2.36. The third-order valence-electron chi connectivity index (χ3n) is 7.40. The molecular formula is C36H37ClN6O3S. The number of anilines is 2. The minimum Gasteiger partial charge on any atom is -0.454 e. The molecule has 0 spiro atoms. The fourth-order valence-electron chi connectivity index (χ4n) is 5.26. The van der Waals surface area contributed by atoms with Gasteiger partial charge in [-0.3, -0.25) is 4.79 Å². The lowest BCUT2D eigenvalue weighted by Crippen LogP contribution is -2.33. The molecule has 47 heavy (non-hydrogen) atoms. The summed E-state index contributed by atoms with van der Waals surface area (Å²) in [4.78, 5) is 21.0. The van der Waals surface area contributed by atoms with E-state index in [0.717, 1.165) is 34.8 Å². The summed E-state index contributed by atoms with van der Waals surface area (Å²) >= 11 is 6.77. The van der Waals surface area contributed by atoms with Gasteiger partial charge in [0.2, 0.25) is 5.91 Å². The highest BCUT2D eigenvalue weighted by Gasteiger charge is 2.20. The zero-order valence-corrected chi connectivity index (χ0v) is 27.8. The Hall–Kier alpha value is -4.64. The first-order chi connectivity index (χ1) is 22.7. The van der Waals surface area contributed by atoms with E-state index in [4.69, 9.17) is 16.3 Å². The topological polar surface area (TPSA) is 105 Å². The van der Waals surface area contributed by atoms with Gasteiger partial charge in [0.25, 0.3) is 0 Å². The summed E-state index contributed by atoms with van der Waals surface area (Å²) in [6, 6.07) is 28.4. The SMILES string of the molecule is CC(C)(O)CC(=O)NCCn1ccc2ncnc(Nc3ccc(OC4=CN(Cc5ccccc5)S(Cc5ccccc5)=C4)c(Cl)c3)c21. The number of hydrogen-bond acceptors (Lipinski definition) is 7. The summed E-state index contributed by atoms with van der Waals surface area (Å²) < 4.78 is 10.7. The van der Waals surface area contributed by atoms with Crippen molar-refractivity contribution in [1.29, 1.82) is 0 Å². The van der Waals surface area contributed by atoms with Crippen LogP contribution in [-0.4, -0.2) is 47.4 Å². The molecule has 0 saturated carbocycles. The zero-order valence-electron chi connectivity index (χ0n) is 26.3. The van der Waals surface area contributed by atoms with E-state index >= 15 is 0 Å². The van der Waals surface area contributed by atoms with E-state index < -0.39 is 5.60 Å². The van der Waals surface area contributed by atoms with Crippen LogP contribution in [-0.2, 0) is 23.6 Å². The molecule has 9 nitrogen and oxygen atoms in total. The van der Waals surface area contributed by atoms with Gasteiger partial charge in [-0.05, 0) is 49.2 Å². The number of halogens is 1. The van der Waals surface area contributed by atoms with E-state index in [1.165, 1.54) is 17.5 Å². The molecular weight excluding hydrogens is 632 g/mol. The molecule has 3 heterocycles. The monoisotopic (exact) mass is 668 g/mol. The second-order valence-electron chi connectivity index (χ2n) is 11.9.